The van der Waals surface area contributed by atoms with E-state index >= 15 is 0 Å². The molecule has 0 N–H and O–H groups in total. The average Bonchev–Trinajstić information content (AvgIpc) is 3.16. The van der Waals surface area contributed by atoms with Gasteiger partial charge < -0.3 is 0 Å². The zero-order valence-corrected chi connectivity index (χ0v) is 17.2. The number of pyridine rings is 2. The van der Waals surface area contributed by atoms with E-state index in [-0.39, 0.29) is 10.9 Å². The van der Waals surface area contributed by atoms with Crippen LogP contribution in [0.25, 0.3) is 28.0 Å². The third kappa shape index (κ3) is 3.53. The summed E-state index contributed by atoms with van der Waals surface area (Å²) in [6, 6.07) is 7.43. The third-order valence-corrected chi connectivity index (χ3v) is 5.63. The quantitative estimate of drug-likeness (QED) is 0.477. The summed E-state index contributed by atoms with van der Waals surface area (Å²) in [5.41, 5.74) is 5.90. The highest BCUT2D eigenvalue weighted by molar-refractivity contribution is 7.89. The van der Waals surface area contributed by atoms with Gasteiger partial charge in [0.2, 0.25) is 0 Å². The van der Waals surface area contributed by atoms with Crippen molar-refractivity contribution in [2.45, 2.75) is 12.7 Å². The van der Waals surface area contributed by atoms with Crippen LogP contribution in [0.5, 0.6) is 0 Å². The van der Waals surface area contributed by atoms with E-state index < -0.39 is 9.84 Å². The lowest BCUT2D eigenvalue weighted by Crippen LogP contribution is -2.03. The predicted molar refractivity (Wildman–Crippen MR) is 109 cm³/mol. The Labute approximate surface area is 167 Å². The molecule has 0 aromatic carbocycles. The maximum Gasteiger partial charge on any atom is 0.153 e. The zero-order chi connectivity index (χ0) is 20.1. The molecule has 0 bridgehead atoms. The standard InChI is InChI=1S/C19H18ClN5O2S/c1-12-16(9-22-24(12)2)13-4-5-25-17(10-21-19(25)8-13)14-6-15(11-28(3,26)27)23-18(20)7-14/h4-10H,11H2,1-3H3. The van der Waals surface area contributed by atoms with Crippen LogP contribution in [-0.4, -0.2) is 38.8 Å². The fourth-order valence-electron chi connectivity index (χ4n) is 3.19. The van der Waals surface area contributed by atoms with E-state index in [1.165, 1.54) is 6.26 Å². The Hall–Kier alpha value is -2.71. The van der Waals surface area contributed by atoms with Crippen molar-refractivity contribution >= 4 is 27.1 Å². The molecule has 0 radical (unpaired) electrons. The molecule has 0 fully saturated rings. The Morgan fingerprint density at radius 3 is 2.61 bits per heavy atom. The van der Waals surface area contributed by atoms with Crippen LogP contribution in [-0.2, 0) is 22.6 Å². The molecule has 4 aromatic rings. The van der Waals surface area contributed by atoms with Crippen LogP contribution in [0.4, 0.5) is 0 Å². The normalized spacial score (nSPS) is 12.0. The second-order valence-electron chi connectivity index (χ2n) is 6.79. The average molecular weight is 416 g/mol. The molecule has 0 aliphatic heterocycles. The van der Waals surface area contributed by atoms with Gasteiger partial charge in [0.25, 0.3) is 0 Å². The predicted octanol–water partition coefficient (Wildman–Crippen LogP) is 3.30. The first-order valence-corrected chi connectivity index (χ1v) is 11.0. The summed E-state index contributed by atoms with van der Waals surface area (Å²) in [7, 11) is -1.30. The maximum atomic E-state index is 11.6. The van der Waals surface area contributed by atoms with E-state index in [1.54, 1.807) is 18.3 Å². The number of nitrogens with zero attached hydrogens (tertiary/aromatic N) is 5. The van der Waals surface area contributed by atoms with Crippen LogP contribution in [0, 0.1) is 6.92 Å². The van der Waals surface area contributed by atoms with Crippen molar-refractivity contribution in [2.75, 3.05) is 6.26 Å². The molecule has 4 heterocycles. The monoisotopic (exact) mass is 415 g/mol. The molecule has 0 unspecified atom stereocenters. The molecular formula is C19H18ClN5O2S. The number of imidazole rings is 1. The lowest BCUT2D eigenvalue weighted by molar-refractivity contribution is 0.600. The van der Waals surface area contributed by atoms with Gasteiger partial charge >= 0.3 is 0 Å². The van der Waals surface area contributed by atoms with Gasteiger partial charge in [0, 0.05) is 36.3 Å². The summed E-state index contributed by atoms with van der Waals surface area (Å²) in [6.07, 6.45) is 6.69. The molecule has 0 atom stereocenters. The van der Waals surface area contributed by atoms with Gasteiger partial charge in [0.05, 0.1) is 29.5 Å². The van der Waals surface area contributed by atoms with Gasteiger partial charge in [-0.3, -0.25) is 9.08 Å². The van der Waals surface area contributed by atoms with Crippen molar-refractivity contribution in [3.63, 3.8) is 0 Å². The topological polar surface area (TPSA) is 82.2 Å². The summed E-state index contributed by atoms with van der Waals surface area (Å²) in [4.78, 5) is 8.63. The molecule has 7 nitrogen and oxygen atoms in total. The van der Waals surface area contributed by atoms with Gasteiger partial charge in [-0.1, -0.05) is 11.6 Å². The Kier molecular flexibility index (Phi) is 4.47. The first-order valence-electron chi connectivity index (χ1n) is 8.52. The number of rotatable bonds is 4. The number of fused-ring (bicyclic) bond motifs is 1. The van der Waals surface area contributed by atoms with Gasteiger partial charge in [-0.05, 0) is 36.8 Å². The summed E-state index contributed by atoms with van der Waals surface area (Å²) in [5, 5.41) is 4.54. The molecule has 4 aromatic heterocycles. The van der Waals surface area contributed by atoms with Gasteiger partial charge in [0.15, 0.2) is 9.84 Å². The van der Waals surface area contributed by atoms with Gasteiger partial charge in [0.1, 0.15) is 10.8 Å². The molecule has 0 aliphatic rings. The minimum atomic E-state index is -3.21. The number of hydrogen-bond donors (Lipinski definition) is 0. The second-order valence-corrected chi connectivity index (χ2v) is 9.32. The molecule has 28 heavy (non-hydrogen) atoms. The highest BCUT2D eigenvalue weighted by Crippen LogP contribution is 2.28. The number of halogens is 1. The van der Waals surface area contributed by atoms with Crippen LogP contribution in [0.3, 0.4) is 0 Å². The van der Waals surface area contributed by atoms with Crippen molar-refractivity contribution in [2.24, 2.45) is 7.05 Å². The lowest BCUT2D eigenvalue weighted by atomic mass is 10.1. The Morgan fingerprint density at radius 1 is 1.14 bits per heavy atom. The van der Waals surface area contributed by atoms with E-state index in [2.05, 4.69) is 15.1 Å². The van der Waals surface area contributed by atoms with Crippen LogP contribution < -0.4 is 0 Å². The molecule has 0 aliphatic carbocycles. The molecule has 9 heteroatoms. The smallest absolute Gasteiger partial charge is 0.153 e. The Bertz CT molecular complexity index is 1310. The van der Waals surface area contributed by atoms with Crippen LogP contribution >= 0.6 is 11.6 Å². The van der Waals surface area contributed by atoms with E-state index in [4.69, 9.17) is 11.6 Å². The number of sulfone groups is 1. The van der Waals surface area contributed by atoms with Crippen molar-refractivity contribution in [1.29, 1.82) is 0 Å². The molecular weight excluding hydrogens is 398 g/mol. The number of aromatic nitrogens is 5. The Morgan fingerprint density at radius 2 is 1.93 bits per heavy atom. The van der Waals surface area contributed by atoms with Crippen molar-refractivity contribution in [3.05, 3.63) is 59.4 Å². The molecule has 0 saturated carbocycles. The highest BCUT2D eigenvalue weighted by atomic mass is 35.5. The third-order valence-electron chi connectivity index (χ3n) is 4.61. The van der Waals surface area contributed by atoms with Crippen molar-refractivity contribution < 1.29 is 8.42 Å². The van der Waals surface area contributed by atoms with E-state index in [0.29, 0.717) is 5.69 Å². The summed E-state index contributed by atoms with van der Waals surface area (Å²) in [5.74, 6) is -0.165. The zero-order valence-electron chi connectivity index (χ0n) is 15.6. The minimum absolute atomic E-state index is 0.165. The van der Waals surface area contributed by atoms with E-state index in [0.717, 1.165) is 33.7 Å². The van der Waals surface area contributed by atoms with Crippen molar-refractivity contribution in [1.82, 2.24) is 24.1 Å². The van der Waals surface area contributed by atoms with Crippen molar-refractivity contribution in [3.8, 4) is 22.4 Å². The molecule has 0 spiro atoms. The SMILES string of the molecule is Cc1c(-c2ccn3c(-c4cc(Cl)nc(CS(C)(=O)=O)c4)cnc3c2)cnn1C. The van der Waals surface area contributed by atoms with E-state index in [9.17, 15) is 8.42 Å². The lowest BCUT2D eigenvalue weighted by Gasteiger charge is -2.07. The van der Waals surface area contributed by atoms with Crippen LogP contribution in [0.2, 0.25) is 5.15 Å². The Balaban J connectivity index is 1.79. The van der Waals surface area contributed by atoms with E-state index in [1.807, 2.05) is 47.6 Å². The van der Waals surface area contributed by atoms with Gasteiger partial charge in [-0.25, -0.2) is 18.4 Å². The molecule has 4 rings (SSSR count). The van der Waals surface area contributed by atoms with Gasteiger partial charge in [-0.2, -0.15) is 5.10 Å². The highest BCUT2D eigenvalue weighted by Gasteiger charge is 2.14. The van der Waals surface area contributed by atoms with Crippen LogP contribution in [0.15, 0.2) is 42.9 Å². The first-order chi connectivity index (χ1) is 13.2. The largest absolute Gasteiger partial charge is 0.300 e. The fourth-order valence-corrected chi connectivity index (χ4v) is 4.10. The molecule has 0 amide bonds. The van der Waals surface area contributed by atoms with Crippen LogP contribution in [0.1, 0.15) is 11.4 Å². The fraction of sp³-hybridized carbons (Fsp3) is 0.211. The second kappa shape index (κ2) is 6.72. The number of hydrogen-bond acceptors (Lipinski definition) is 5. The first kappa shape index (κ1) is 18.6. The minimum Gasteiger partial charge on any atom is -0.300 e. The summed E-state index contributed by atoms with van der Waals surface area (Å²) in [6.45, 7) is 2.02. The molecule has 0 saturated heterocycles. The maximum absolute atomic E-state index is 11.6. The van der Waals surface area contributed by atoms with Gasteiger partial charge in [-0.15, -0.1) is 0 Å². The number of aryl methyl sites for hydroxylation is 1. The molecule has 144 valence electrons. The summed E-state index contributed by atoms with van der Waals surface area (Å²) < 4.78 is 27.0. The summed E-state index contributed by atoms with van der Waals surface area (Å²) >= 11 is 6.13.